The second kappa shape index (κ2) is 6.58. The zero-order chi connectivity index (χ0) is 14.5. The van der Waals surface area contributed by atoms with E-state index in [0.717, 1.165) is 11.1 Å². The molecule has 0 aliphatic carbocycles. The van der Waals surface area contributed by atoms with Crippen molar-refractivity contribution in [1.82, 2.24) is 0 Å². The molecule has 5 heteroatoms. The SMILES string of the molecule is Cc1ccc(NC(=O)c2sccc2Cl)cc1C#CCN. The number of nitrogens with one attached hydrogen (secondary N) is 1. The fraction of sp³-hybridized carbons (Fsp3) is 0.133. The minimum Gasteiger partial charge on any atom is -0.321 e. The number of nitrogens with two attached hydrogens (primary N) is 1. The number of carbonyl (C=O) groups is 1. The smallest absolute Gasteiger partial charge is 0.267 e. The van der Waals surface area contributed by atoms with Crippen LogP contribution in [0.5, 0.6) is 0 Å². The Bertz CT molecular complexity index is 697. The van der Waals surface area contributed by atoms with Crippen LogP contribution in [0.1, 0.15) is 20.8 Å². The third kappa shape index (κ3) is 3.40. The van der Waals surface area contributed by atoms with Gasteiger partial charge < -0.3 is 11.1 Å². The fourth-order valence-electron chi connectivity index (χ4n) is 1.62. The summed E-state index contributed by atoms with van der Waals surface area (Å²) in [6.45, 7) is 2.27. The Hall–Kier alpha value is -1.80. The van der Waals surface area contributed by atoms with Crippen LogP contribution in [-0.4, -0.2) is 12.5 Å². The van der Waals surface area contributed by atoms with E-state index < -0.39 is 0 Å². The van der Waals surface area contributed by atoms with Crippen LogP contribution < -0.4 is 11.1 Å². The molecule has 0 aliphatic rings. The maximum atomic E-state index is 12.1. The average Bonchev–Trinajstić information content (AvgIpc) is 2.85. The van der Waals surface area contributed by atoms with Crippen molar-refractivity contribution in [2.75, 3.05) is 11.9 Å². The Labute approximate surface area is 126 Å². The first-order chi connectivity index (χ1) is 9.61. The van der Waals surface area contributed by atoms with Crippen LogP contribution in [0.4, 0.5) is 5.69 Å². The molecule has 0 atom stereocenters. The van der Waals surface area contributed by atoms with Gasteiger partial charge in [0.15, 0.2) is 0 Å². The zero-order valence-corrected chi connectivity index (χ0v) is 12.4. The maximum absolute atomic E-state index is 12.1. The molecule has 0 aliphatic heterocycles. The van der Waals surface area contributed by atoms with Gasteiger partial charge in [-0.15, -0.1) is 11.3 Å². The van der Waals surface area contributed by atoms with Crippen molar-refractivity contribution in [3.05, 3.63) is 50.7 Å². The van der Waals surface area contributed by atoms with E-state index in [1.54, 1.807) is 11.4 Å². The summed E-state index contributed by atoms with van der Waals surface area (Å²) in [6, 6.07) is 7.28. The van der Waals surface area contributed by atoms with Crippen molar-refractivity contribution in [2.45, 2.75) is 6.92 Å². The third-order valence-electron chi connectivity index (χ3n) is 2.64. The molecule has 1 aromatic carbocycles. The van der Waals surface area contributed by atoms with Crippen LogP contribution in [0.3, 0.4) is 0 Å². The van der Waals surface area contributed by atoms with Gasteiger partial charge in [0.1, 0.15) is 4.88 Å². The molecule has 2 aromatic rings. The van der Waals surface area contributed by atoms with E-state index in [4.69, 9.17) is 17.3 Å². The number of anilines is 1. The molecule has 0 saturated heterocycles. The highest BCUT2D eigenvalue weighted by Gasteiger charge is 2.12. The monoisotopic (exact) mass is 304 g/mol. The Morgan fingerprint density at radius 3 is 2.90 bits per heavy atom. The quantitative estimate of drug-likeness (QED) is 0.837. The topological polar surface area (TPSA) is 55.1 Å². The molecule has 0 saturated carbocycles. The van der Waals surface area contributed by atoms with E-state index in [0.29, 0.717) is 22.1 Å². The lowest BCUT2D eigenvalue weighted by atomic mass is 10.1. The molecule has 1 amide bonds. The molecule has 3 N–H and O–H groups in total. The van der Waals surface area contributed by atoms with Crippen LogP contribution >= 0.6 is 22.9 Å². The van der Waals surface area contributed by atoms with Crippen LogP contribution in [0.25, 0.3) is 0 Å². The van der Waals surface area contributed by atoms with Crippen LogP contribution in [-0.2, 0) is 0 Å². The van der Waals surface area contributed by atoms with Gasteiger partial charge in [-0.05, 0) is 36.1 Å². The molecule has 102 valence electrons. The molecule has 20 heavy (non-hydrogen) atoms. The molecular formula is C15H13ClN2OS. The summed E-state index contributed by atoms with van der Waals surface area (Å²) >= 11 is 7.25. The molecule has 0 unspecified atom stereocenters. The second-order valence-electron chi connectivity index (χ2n) is 4.09. The number of rotatable bonds is 2. The zero-order valence-electron chi connectivity index (χ0n) is 10.9. The van der Waals surface area contributed by atoms with Crippen molar-refractivity contribution in [3.8, 4) is 11.8 Å². The van der Waals surface area contributed by atoms with Crippen molar-refractivity contribution in [3.63, 3.8) is 0 Å². The van der Waals surface area contributed by atoms with Crippen molar-refractivity contribution < 1.29 is 4.79 Å². The van der Waals surface area contributed by atoms with Crippen molar-refractivity contribution >= 4 is 34.5 Å². The number of aryl methyl sites for hydroxylation is 1. The first-order valence-electron chi connectivity index (χ1n) is 5.95. The van der Waals surface area contributed by atoms with Gasteiger partial charge >= 0.3 is 0 Å². The number of halogens is 1. The Morgan fingerprint density at radius 1 is 1.45 bits per heavy atom. The number of amides is 1. The lowest BCUT2D eigenvalue weighted by Crippen LogP contribution is -2.10. The largest absolute Gasteiger partial charge is 0.321 e. The van der Waals surface area contributed by atoms with Crippen LogP contribution in [0.2, 0.25) is 5.02 Å². The molecule has 1 heterocycles. The molecule has 0 fully saturated rings. The van der Waals surface area contributed by atoms with Gasteiger partial charge in [-0.2, -0.15) is 0 Å². The predicted molar refractivity (Wildman–Crippen MR) is 84.4 cm³/mol. The summed E-state index contributed by atoms with van der Waals surface area (Å²) in [7, 11) is 0. The van der Waals surface area contributed by atoms with Gasteiger partial charge in [0, 0.05) is 11.3 Å². The van der Waals surface area contributed by atoms with E-state index in [9.17, 15) is 4.79 Å². The molecule has 3 nitrogen and oxygen atoms in total. The van der Waals surface area contributed by atoms with Crippen LogP contribution in [0.15, 0.2) is 29.6 Å². The normalized spacial score (nSPS) is 9.75. The molecule has 1 aromatic heterocycles. The summed E-state index contributed by atoms with van der Waals surface area (Å²) in [4.78, 5) is 12.6. The van der Waals surface area contributed by atoms with Gasteiger partial charge in [0.05, 0.1) is 11.6 Å². The molecule has 0 spiro atoms. The number of thiophene rings is 1. The fourth-order valence-corrected chi connectivity index (χ4v) is 2.66. The molecule has 0 bridgehead atoms. The first kappa shape index (κ1) is 14.6. The first-order valence-corrected chi connectivity index (χ1v) is 7.21. The number of hydrogen-bond acceptors (Lipinski definition) is 3. The minimum absolute atomic E-state index is 0.216. The molecular weight excluding hydrogens is 292 g/mol. The highest BCUT2D eigenvalue weighted by molar-refractivity contribution is 7.12. The van der Waals surface area contributed by atoms with Gasteiger partial charge in [-0.3, -0.25) is 4.79 Å². The van der Waals surface area contributed by atoms with E-state index in [2.05, 4.69) is 17.2 Å². The van der Waals surface area contributed by atoms with E-state index in [1.165, 1.54) is 11.3 Å². The molecule has 2 rings (SSSR count). The highest BCUT2D eigenvalue weighted by Crippen LogP contribution is 2.23. The van der Waals surface area contributed by atoms with E-state index in [-0.39, 0.29) is 5.91 Å². The van der Waals surface area contributed by atoms with Crippen molar-refractivity contribution in [2.24, 2.45) is 5.73 Å². The van der Waals surface area contributed by atoms with E-state index in [1.807, 2.05) is 25.1 Å². The van der Waals surface area contributed by atoms with Gasteiger partial charge in [0.25, 0.3) is 5.91 Å². The predicted octanol–water partition coefficient (Wildman–Crippen LogP) is 3.27. The third-order valence-corrected chi connectivity index (χ3v) is 3.98. The van der Waals surface area contributed by atoms with Crippen molar-refractivity contribution in [1.29, 1.82) is 0 Å². The number of carbonyl (C=O) groups excluding carboxylic acids is 1. The van der Waals surface area contributed by atoms with Gasteiger partial charge in [-0.25, -0.2) is 0 Å². The van der Waals surface area contributed by atoms with Gasteiger partial charge in [-0.1, -0.05) is 29.5 Å². The van der Waals surface area contributed by atoms with Crippen LogP contribution in [0, 0.1) is 18.8 Å². The summed E-state index contributed by atoms with van der Waals surface area (Å²) in [5.41, 5.74) is 7.95. The van der Waals surface area contributed by atoms with Gasteiger partial charge in [0.2, 0.25) is 0 Å². The maximum Gasteiger partial charge on any atom is 0.267 e. The summed E-state index contributed by atoms with van der Waals surface area (Å²) in [6.07, 6.45) is 0. The summed E-state index contributed by atoms with van der Waals surface area (Å²) in [5.74, 6) is 5.58. The highest BCUT2D eigenvalue weighted by atomic mass is 35.5. The standard InChI is InChI=1S/C15H13ClN2OS/c1-10-4-5-12(9-11(10)3-2-7-17)18-15(19)14-13(16)6-8-20-14/h4-6,8-9H,7,17H2,1H3,(H,18,19). The Balaban J connectivity index is 2.22. The Morgan fingerprint density at radius 2 is 2.25 bits per heavy atom. The average molecular weight is 305 g/mol. The molecule has 0 radical (unpaired) electrons. The number of hydrogen-bond donors (Lipinski definition) is 2. The second-order valence-corrected chi connectivity index (χ2v) is 5.41. The lowest BCUT2D eigenvalue weighted by Gasteiger charge is -2.06. The summed E-state index contributed by atoms with van der Waals surface area (Å²) < 4.78 is 0. The lowest BCUT2D eigenvalue weighted by molar-refractivity contribution is 0.103. The summed E-state index contributed by atoms with van der Waals surface area (Å²) in [5, 5.41) is 5.06. The number of benzene rings is 1. The Kier molecular flexibility index (Phi) is 4.80. The minimum atomic E-state index is -0.216. The van der Waals surface area contributed by atoms with E-state index >= 15 is 0 Å².